The molecule has 1 fully saturated rings. The molecule has 1 aliphatic heterocycles. The molecule has 0 saturated carbocycles. The largest absolute Gasteiger partial charge is 0.480 e. The molecule has 3 nitrogen and oxygen atoms in total. The second kappa shape index (κ2) is 3.09. The molecule has 1 aromatic rings. The number of carboxylic acids is 1. The molecule has 1 atom stereocenters. The summed E-state index contributed by atoms with van der Waals surface area (Å²) in [6.45, 7) is 0.848. The number of hydrogen-bond acceptors (Lipinski definition) is 2. The predicted octanol–water partition coefficient (Wildman–Crippen LogP) is 1.35. The molecule has 0 amide bonds. The van der Waals surface area contributed by atoms with Crippen LogP contribution < -0.4 is 4.90 Å². The van der Waals surface area contributed by atoms with Crippen molar-refractivity contribution in [3.05, 3.63) is 30.3 Å². The quantitative estimate of drug-likeness (QED) is 0.741. The first-order valence-electron chi connectivity index (χ1n) is 4.33. The van der Waals surface area contributed by atoms with E-state index in [0.29, 0.717) is 0 Å². The van der Waals surface area contributed by atoms with Crippen LogP contribution in [0.4, 0.5) is 5.69 Å². The molecular weight excluding hydrogens is 166 g/mol. The van der Waals surface area contributed by atoms with E-state index in [1.54, 1.807) is 0 Å². The van der Waals surface area contributed by atoms with Crippen molar-refractivity contribution < 1.29 is 9.90 Å². The summed E-state index contributed by atoms with van der Waals surface area (Å²) in [7, 11) is 0. The number of nitrogens with zero attached hydrogens (tertiary/aromatic N) is 1. The number of anilines is 1. The first-order valence-corrected chi connectivity index (χ1v) is 4.33. The molecule has 0 aliphatic carbocycles. The lowest BCUT2D eigenvalue weighted by Gasteiger charge is -2.39. The van der Waals surface area contributed by atoms with Gasteiger partial charge in [0.25, 0.3) is 0 Å². The summed E-state index contributed by atoms with van der Waals surface area (Å²) in [5.41, 5.74) is 1.00. The summed E-state index contributed by atoms with van der Waals surface area (Å²) in [5.74, 6) is -0.727. The van der Waals surface area contributed by atoms with Crippen LogP contribution in [0, 0.1) is 0 Å². The van der Waals surface area contributed by atoms with Gasteiger partial charge in [-0.3, -0.25) is 0 Å². The van der Waals surface area contributed by atoms with Gasteiger partial charge in [-0.1, -0.05) is 18.2 Å². The van der Waals surface area contributed by atoms with Gasteiger partial charge in [-0.15, -0.1) is 0 Å². The molecule has 2 rings (SSSR count). The Balaban J connectivity index is 2.15. The fourth-order valence-electron chi connectivity index (χ4n) is 1.57. The Labute approximate surface area is 76.6 Å². The highest BCUT2D eigenvalue weighted by Crippen LogP contribution is 2.25. The minimum atomic E-state index is -0.727. The van der Waals surface area contributed by atoms with Crippen LogP contribution in [0.2, 0.25) is 0 Å². The lowest BCUT2D eigenvalue weighted by atomic mass is 10.0. The molecule has 1 saturated heterocycles. The summed E-state index contributed by atoms with van der Waals surface area (Å²) < 4.78 is 0. The molecule has 0 bridgehead atoms. The lowest BCUT2D eigenvalue weighted by molar-refractivity contribution is -0.139. The number of carbonyl (C=O) groups is 1. The summed E-state index contributed by atoms with van der Waals surface area (Å²) in [4.78, 5) is 12.6. The van der Waals surface area contributed by atoms with Gasteiger partial charge < -0.3 is 10.0 Å². The normalized spacial score (nSPS) is 20.9. The van der Waals surface area contributed by atoms with Crippen molar-refractivity contribution in [2.24, 2.45) is 0 Å². The average molecular weight is 177 g/mol. The second-order valence-electron chi connectivity index (χ2n) is 3.17. The first-order chi connectivity index (χ1) is 6.29. The van der Waals surface area contributed by atoms with Crippen LogP contribution in [0.1, 0.15) is 6.42 Å². The zero-order valence-electron chi connectivity index (χ0n) is 7.18. The van der Waals surface area contributed by atoms with Crippen molar-refractivity contribution in [2.45, 2.75) is 12.5 Å². The monoisotopic (exact) mass is 177 g/mol. The van der Waals surface area contributed by atoms with Gasteiger partial charge in [0.15, 0.2) is 0 Å². The Bertz CT molecular complexity index is 310. The molecule has 68 valence electrons. The maximum atomic E-state index is 10.7. The third kappa shape index (κ3) is 1.37. The number of aliphatic carboxylic acids is 1. The number of benzene rings is 1. The maximum Gasteiger partial charge on any atom is 0.326 e. The van der Waals surface area contributed by atoms with Crippen LogP contribution in [0.5, 0.6) is 0 Å². The van der Waals surface area contributed by atoms with E-state index in [4.69, 9.17) is 5.11 Å². The number of carboxylic acid groups (broad SMARTS) is 1. The van der Waals surface area contributed by atoms with Crippen molar-refractivity contribution >= 4 is 11.7 Å². The van der Waals surface area contributed by atoms with Gasteiger partial charge >= 0.3 is 5.97 Å². The molecule has 0 spiro atoms. The van der Waals surface area contributed by atoms with Crippen molar-refractivity contribution in [3.8, 4) is 0 Å². The molecular formula is C10H11NO2. The van der Waals surface area contributed by atoms with Gasteiger partial charge in [-0.2, -0.15) is 0 Å². The van der Waals surface area contributed by atoms with E-state index in [1.165, 1.54) is 0 Å². The van der Waals surface area contributed by atoms with Crippen molar-refractivity contribution in [3.63, 3.8) is 0 Å². The minimum Gasteiger partial charge on any atom is -0.480 e. The molecule has 1 heterocycles. The molecule has 1 aliphatic rings. The van der Waals surface area contributed by atoms with Gasteiger partial charge in [0.05, 0.1) is 0 Å². The van der Waals surface area contributed by atoms with E-state index in [-0.39, 0.29) is 6.04 Å². The van der Waals surface area contributed by atoms with Crippen LogP contribution in [-0.4, -0.2) is 23.7 Å². The average Bonchev–Trinajstić information content (AvgIpc) is 2.02. The first kappa shape index (κ1) is 8.10. The van der Waals surface area contributed by atoms with Crippen LogP contribution in [0.15, 0.2) is 30.3 Å². The highest BCUT2D eigenvalue weighted by molar-refractivity contribution is 5.80. The fourth-order valence-corrected chi connectivity index (χ4v) is 1.57. The Morgan fingerprint density at radius 2 is 2.08 bits per heavy atom. The SMILES string of the molecule is O=C(O)C1CCN1c1ccccc1. The Hall–Kier alpha value is -1.51. The lowest BCUT2D eigenvalue weighted by Crippen LogP contribution is -2.52. The molecule has 0 radical (unpaired) electrons. The van der Waals surface area contributed by atoms with E-state index in [2.05, 4.69) is 0 Å². The highest BCUT2D eigenvalue weighted by atomic mass is 16.4. The predicted molar refractivity (Wildman–Crippen MR) is 49.8 cm³/mol. The van der Waals surface area contributed by atoms with Crippen LogP contribution in [0.25, 0.3) is 0 Å². The summed E-state index contributed by atoms with van der Waals surface area (Å²) in [5, 5.41) is 8.82. The maximum absolute atomic E-state index is 10.7. The zero-order valence-corrected chi connectivity index (χ0v) is 7.18. The summed E-state index contributed by atoms with van der Waals surface area (Å²) in [6, 6.07) is 9.34. The van der Waals surface area contributed by atoms with Gasteiger partial charge in [-0.05, 0) is 18.6 Å². The molecule has 3 heteroatoms. The van der Waals surface area contributed by atoms with Crippen LogP contribution in [-0.2, 0) is 4.79 Å². The topological polar surface area (TPSA) is 40.5 Å². The molecule has 1 aromatic carbocycles. The van der Waals surface area contributed by atoms with Gasteiger partial charge in [0.2, 0.25) is 0 Å². The van der Waals surface area contributed by atoms with Crippen molar-refractivity contribution in [1.82, 2.24) is 0 Å². The Morgan fingerprint density at radius 3 is 2.54 bits per heavy atom. The standard InChI is InChI=1S/C10H11NO2/c12-10(13)9-6-7-11(9)8-4-2-1-3-5-8/h1-5,9H,6-7H2,(H,12,13). The third-order valence-corrected chi connectivity index (χ3v) is 2.39. The Kier molecular flexibility index (Phi) is 1.93. The van der Waals surface area contributed by atoms with E-state index in [0.717, 1.165) is 18.7 Å². The van der Waals surface area contributed by atoms with Crippen molar-refractivity contribution in [2.75, 3.05) is 11.4 Å². The molecule has 1 N–H and O–H groups in total. The highest BCUT2D eigenvalue weighted by Gasteiger charge is 2.33. The number of rotatable bonds is 2. The number of hydrogen-bond donors (Lipinski definition) is 1. The fraction of sp³-hybridized carbons (Fsp3) is 0.300. The van der Waals surface area contributed by atoms with E-state index >= 15 is 0 Å². The van der Waals surface area contributed by atoms with Gasteiger partial charge in [0.1, 0.15) is 6.04 Å². The molecule has 0 aromatic heterocycles. The third-order valence-electron chi connectivity index (χ3n) is 2.39. The smallest absolute Gasteiger partial charge is 0.326 e. The van der Waals surface area contributed by atoms with E-state index in [1.807, 2.05) is 35.2 Å². The zero-order chi connectivity index (χ0) is 9.26. The summed E-state index contributed by atoms with van der Waals surface area (Å²) in [6.07, 6.45) is 0.754. The molecule has 13 heavy (non-hydrogen) atoms. The van der Waals surface area contributed by atoms with E-state index < -0.39 is 5.97 Å². The van der Waals surface area contributed by atoms with Crippen LogP contribution in [0.3, 0.4) is 0 Å². The van der Waals surface area contributed by atoms with E-state index in [9.17, 15) is 4.79 Å². The number of para-hydroxylation sites is 1. The summed E-state index contributed by atoms with van der Waals surface area (Å²) >= 11 is 0. The van der Waals surface area contributed by atoms with Crippen molar-refractivity contribution in [1.29, 1.82) is 0 Å². The minimum absolute atomic E-state index is 0.317. The van der Waals surface area contributed by atoms with Gasteiger partial charge in [0, 0.05) is 12.2 Å². The second-order valence-corrected chi connectivity index (χ2v) is 3.17. The Morgan fingerprint density at radius 1 is 1.38 bits per heavy atom. The molecule has 1 unspecified atom stereocenters. The van der Waals surface area contributed by atoms with Crippen LogP contribution >= 0.6 is 0 Å². The van der Waals surface area contributed by atoms with Gasteiger partial charge in [-0.25, -0.2) is 4.79 Å².